The molecule has 1 saturated carbocycles. The molecule has 0 N–H and O–H groups in total. The first-order valence-electron chi connectivity index (χ1n) is 5.30. The smallest absolute Gasteiger partial charge is 0.328 e. The lowest BCUT2D eigenvalue weighted by Crippen LogP contribution is -2.33. The minimum absolute atomic E-state index is 0.0168. The van der Waals surface area contributed by atoms with Crippen molar-refractivity contribution in [1.29, 1.82) is 0 Å². The number of esters is 3. The lowest BCUT2D eigenvalue weighted by Gasteiger charge is -2.17. The van der Waals surface area contributed by atoms with Crippen LogP contribution in [0.1, 0.15) is 19.3 Å². The predicted octanol–water partition coefficient (Wildman–Crippen LogP) is 0.653. The first-order chi connectivity index (χ1) is 8.37. The van der Waals surface area contributed by atoms with Gasteiger partial charge in [-0.25, -0.2) is 0 Å². The van der Waals surface area contributed by atoms with Crippen LogP contribution in [0.4, 0.5) is 0 Å². The van der Waals surface area contributed by atoms with E-state index < -0.39 is 28.2 Å². The van der Waals surface area contributed by atoms with E-state index in [0.717, 1.165) is 0 Å². The molecule has 0 aromatic carbocycles. The van der Waals surface area contributed by atoms with Gasteiger partial charge >= 0.3 is 17.9 Å². The van der Waals surface area contributed by atoms with Crippen LogP contribution in [0, 0.1) is 5.41 Å². The fourth-order valence-corrected chi connectivity index (χ4v) is 2.51. The van der Waals surface area contributed by atoms with Crippen LogP contribution in [0.15, 0.2) is 0 Å². The van der Waals surface area contributed by atoms with Crippen molar-refractivity contribution in [3.05, 3.63) is 0 Å². The topological polar surface area (TPSA) is 78.9 Å². The fraction of sp³-hybridized carbons (Fsp3) is 0.727. The molecule has 1 fully saturated rings. The summed E-state index contributed by atoms with van der Waals surface area (Å²) in [7, 11) is 3.64. The number of carbonyl (C=O) groups excluding carboxylic acids is 3. The summed E-state index contributed by atoms with van der Waals surface area (Å²) in [6.45, 7) is 0. The van der Waals surface area contributed by atoms with Gasteiger partial charge in [0.15, 0.2) is 4.87 Å². The maximum absolute atomic E-state index is 11.8. The molecule has 102 valence electrons. The monoisotopic (exact) mass is 278 g/mol. The molecule has 0 aromatic heterocycles. The largest absolute Gasteiger partial charge is 0.469 e. The lowest BCUT2D eigenvalue weighted by atomic mass is 9.96. The number of hydrogen-bond acceptors (Lipinski definition) is 6. The average Bonchev–Trinajstić information content (AvgIpc) is 3.02. The van der Waals surface area contributed by atoms with Gasteiger partial charge < -0.3 is 14.2 Å². The van der Waals surface area contributed by atoms with Crippen molar-refractivity contribution in [2.45, 2.75) is 24.1 Å². The Balaban J connectivity index is 2.85. The Morgan fingerprint density at radius 3 is 2.06 bits per heavy atom. The van der Waals surface area contributed by atoms with Gasteiger partial charge in [0.05, 0.1) is 21.3 Å². The molecule has 0 heterocycles. The van der Waals surface area contributed by atoms with Crippen molar-refractivity contribution in [3.8, 4) is 0 Å². The van der Waals surface area contributed by atoms with Gasteiger partial charge in [-0.15, -0.1) is 11.6 Å². The SMILES string of the molecule is COC(=O)CC[C@@]1(C(=O)OC)C[C@@]1(Cl)C(=O)OC. The van der Waals surface area contributed by atoms with Crippen molar-refractivity contribution < 1.29 is 28.6 Å². The van der Waals surface area contributed by atoms with Crippen molar-refractivity contribution in [3.63, 3.8) is 0 Å². The van der Waals surface area contributed by atoms with Crippen LogP contribution in [-0.4, -0.2) is 44.1 Å². The Labute approximate surface area is 110 Å². The summed E-state index contributed by atoms with van der Waals surface area (Å²) in [5, 5.41) is 0. The van der Waals surface area contributed by atoms with Crippen LogP contribution in [0.5, 0.6) is 0 Å². The number of hydrogen-bond donors (Lipinski definition) is 0. The third-order valence-electron chi connectivity index (χ3n) is 3.25. The second kappa shape index (κ2) is 5.14. The van der Waals surface area contributed by atoms with Crippen molar-refractivity contribution >= 4 is 29.5 Å². The average molecular weight is 279 g/mol. The normalized spacial score (nSPS) is 29.3. The molecular weight excluding hydrogens is 264 g/mol. The minimum atomic E-state index is -1.44. The van der Waals surface area contributed by atoms with E-state index in [-0.39, 0.29) is 19.3 Å². The number of alkyl halides is 1. The minimum Gasteiger partial charge on any atom is -0.469 e. The standard InChI is InChI=1S/C11H15ClO6/c1-16-7(13)4-5-10(8(14)17-2)6-11(10,12)9(15)18-3/h4-6H2,1-3H3/t10-,11+/m0/s1. The lowest BCUT2D eigenvalue weighted by molar-refractivity contribution is -0.153. The molecule has 7 heteroatoms. The molecular formula is C11H15ClO6. The van der Waals surface area contributed by atoms with E-state index in [1.807, 2.05) is 0 Å². The van der Waals surface area contributed by atoms with Gasteiger partial charge in [0.25, 0.3) is 0 Å². The molecule has 0 aromatic rings. The van der Waals surface area contributed by atoms with E-state index in [9.17, 15) is 14.4 Å². The maximum Gasteiger partial charge on any atom is 0.328 e. The van der Waals surface area contributed by atoms with Gasteiger partial charge in [-0.1, -0.05) is 0 Å². The highest BCUT2D eigenvalue weighted by Gasteiger charge is 2.77. The van der Waals surface area contributed by atoms with Crippen LogP contribution in [0.3, 0.4) is 0 Å². The van der Waals surface area contributed by atoms with Crippen LogP contribution in [0.25, 0.3) is 0 Å². The first kappa shape index (κ1) is 14.8. The third-order valence-corrected chi connectivity index (χ3v) is 3.90. The van der Waals surface area contributed by atoms with Gasteiger partial charge in [0.2, 0.25) is 0 Å². The van der Waals surface area contributed by atoms with Gasteiger partial charge in [-0.2, -0.15) is 0 Å². The van der Waals surface area contributed by atoms with Gasteiger partial charge in [-0.05, 0) is 12.8 Å². The summed E-state index contributed by atoms with van der Waals surface area (Å²) in [6, 6.07) is 0. The van der Waals surface area contributed by atoms with Crippen molar-refractivity contribution in [2.24, 2.45) is 5.41 Å². The number of methoxy groups -OCH3 is 3. The molecule has 0 unspecified atom stereocenters. The second-order valence-corrected chi connectivity index (χ2v) is 4.76. The van der Waals surface area contributed by atoms with Gasteiger partial charge in [0, 0.05) is 6.42 Å². The van der Waals surface area contributed by atoms with E-state index in [4.69, 9.17) is 11.6 Å². The highest BCUT2D eigenvalue weighted by atomic mass is 35.5. The molecule has 6 nitrogen and oxygen atoms in total. The van der Waals surface area contributed by atoms with Crippen LogP contribution in [-0.2, 0) is 28.6 Å². The third kappa shape index (κ3) is 2.16. The molecule has 0 radical (unpaired) electrons. The van der Waals surface area contributed by atoms with E-state index in [1.165, 1.54) is 21.3 Å². The Morgan fingerprint density at radius 1 is 1.06 bits per heavy atom. The van der Waals surface area contributed by atoms with Crippen LogP contribution < -0.4 is 0 Å². The zero-order valence-electron chi connectivity index (χ0n) is 10.4. The predicted molar refractivity (Wildman–Crippen MR) is 60.9 cm³/mol. The summed E-state index contributed by atoms with van der Waals surface area (Å²) in [5.74, 6) is -1.79. The van der Waals surface area contributed by atoms with E-state index in [2.05, 4.69) is 14.2 Å². The summed E-state index contributed by atoms with van der Waals surface area (Å²) in [4.78, 5) is 33.0. The molecule has 0 spiro atoms. The Hall–Kier alpha value is -1.30. The number of halogens is 1. The molecule has 1 rings (SSSR count). The van der Waals surface area contributed by atoms with Gasteiger partial charge in [-0.3, -0.25) is 14.4 Å². The molecule has 1 aliphatic rings. The number of rotatable bonds is 5. The number of ether oxygens (including phenoxy) is 3. The molecule has 0 amide bonds. The molecule has 1 aliphatic carbocycles. The zero-order chi connectivity index (χ0) is 14.0. The Bertz CT molecular complexity index is 382. The Kier molecular flexibility index (Phi) is 4.21. The molecule has 2 atom stereocenters. The summed E-state index contributed by atoms with van der Waals surface area (Å²) in [6.07, 6.45) is 0.167. The molecule has 0 aliphatic heterocycles. The molecule has 0 bridgehead atoms. The fourth-order valence-electron chi connectivity index (χ4n) is 2.04. The highest BCUT2D eigenvalue weighted by Crippen LogP contribution is 2.64. The van der Waals surface area contributed by atoms with Crippen LogP contribution >= 0.6 is 11.6 Å². The van der Waals surface area contributed by atoms with Crippen molar-refractivity contribution in [1.82, 2.24) is 0 Å². The first-order valence-corrected chi connectivity index (χ1v) is 5.68. The van der Waals surface area contributed by atoms with Crippen molar-refractivity contribution in [2.75, 3.05) is 21.3 Å². The quantitative estimate of drug-likeness (QED) is 0.417. The summed E-state index contributed by atoms with van der Waals surface area (Å²) in [5.41, 5.74) is -1.20. The maximum atomic E-state index is 11.8. The Morgan fingerprint density at radius 2 is 1.61 bits per heavy atom. The van der Waals surface area contributed by atoms with E-state index in [0.29, 0.717) is 0 Å². The summed E-state index contributed by atoms with van der Waals surface area (Å²) >= 11 is 6.09. The summed E-state index contributed by atoms with van der Waals surface area (Å²) < 4.78 is 13.7. The molecule has 0 saturated heterocycles. The molecule has 18 heavy (non-hydrogen) atoms. The van der Waals surface area contributed by atoms with E-state index in [1.54, 1.807) is 0 Å². The second-order valence-electron chi connectivity index (χ2n) is 4.12. The highest BCUT2D eigenvalue weighted by molar-refractivity contribution is 6.39. The van der Waals surface area contributed by atoms with Crippen LogP contribution in [0.2, 0.25) is 0 Å². The van der Waals surface area contributed by atoms with E-state index >= 15 is 0 Å². The van der Waals surface area contributed by atoms with Gasteiger partial charge in [0.1, 0.15) is 5.41 Å². The zero-order valence-corrected chi connectivity index (χ0v) is 11.2. The number of carbonyl (C=O) groups is 3.